The summed E-state index contributed by atoms with van der Waals surface area (Å²) < 4.78 is 10.3. The molecule has 1 aromatic heterocycles. The highest BCUT2D eigenvalue weighted by atomic mass is 35.5. The van der Waals surface area contributed by atoms with E-state index in [0.29, 0.717) is 16.6 Å². The van der Waals surface area contributed by atoms with Crippen molar-refractivity contribution in [2.75, 3.05) is 19.3 Å². The van der Waals surface area contributed by atoms with Gasteiger partial charge in [-0.25, -0.2) is 9.78 Å². The molecule has 0 N–H and O–H groups in total. The van der Waals surface area contributed by atoms with Crippen LogP contribution in [0.1, 0.15) is 5.56 Å². The average Bonchev–Trinajstić information content (AvgIpc) is 2.56. The van der Waals surface area contributed by atoms with Crippen LogP contribution in [0.4, 0.5) is 10.5 Å². The van der Waals surface area contributed by atoms with E-state index in [1.54, 1.807) is 24.3 Å². The van der Waals surface area contributed by atoms with Gasteiger partial charge in [-0.2, -0.15) is 5.06 Å². The van der Waals surface area contributed by atoms with Gasteiger partial charge in [0.2, 0.25) is 0 Å². The van der Waals surface area contributed by atoms with Crippen LogP contribution in [0.2, 0.25) is 5.15 Å². The zero-order chi connectivity index (χ0) is 15.9. The first-order chi connectivity index (χ1) is 10.7. The molecule has 0 saturated heterocycles. The minimum absolute atomic E-state index is 0.232. The Labute approximate surface area is 133 Å². The van der Waals surface area contributed by atoms with E-state index in [0.717, 1.165) is 10.6 Å². The molecule has 2 aromatic rings. The van der Waals surface area contributed by atoms with E-state index in [-0.39, 0.29) is 6.61 Å². The highest BCUT2D eigenvalue weighted by molar-refractivity contribution is 6.29. The number of hydroxylamine groups is 1. The van der Waals surface area contributed by atoms with Crippen molar-refractivity contribution in [1.29, 1.82) is 0 Å². The topological polar surface area (TPSA) is 60.9 Å². The maximum Gasteiger partial charge on any atom is 0.438 e. The third kappa shape index (κ3) is 3.87. The van der Waals surface area contributed by atoms with Crippen LogP contribution in [0.5, 0.6) is 5.75 Å². The first-order valence-corrected chi connectivity index (χ1v) is 6.78. The van der Waals surface area contributed by atoms with Crippen LogP contribution in [-0.4, -0.2) is 25.3 Å². The van der Waals surface area contributed by atoms with Gasteiger partial charge in [0, 0.05) is 5.56 Å². The van der Waals surface area contributed by atoms with Crippen LogP contribution in [0.3, 0.4) is 0 Å². The summed E-state index contributed by atoms with van der Waals surface area (Å²) in [6, 6.07) is 10.5. The van der Waals surface area contributed by atoms with Gasteiger partial charge in [-0.1, -0.05) is 29.8 Å². The minimum atomic E-state index is -0.622. The number of benzene rings is 1. The summed E-state index contributed by atoms with van der Waals surface area (Å²) in [7, 11) is 2.67. The van der Waals surface area contributed by atoms with E-state index < -0.39 is 6.09 Å². The fourth-order valence-corrected chi connectivity index (χ4v) is 1.91. The third-order valence-electron chi connectivity index (χ3n) is 2.83. The van der Waals surface area contributed by atoms with Gasteiger partial charge in [0.1, 0.15) is 17.5 Å². The molecule has 0 bridgehead atoms. The molecule has 0 saturated carbocycles. The number of methoxy groups -OCH3 is 1. The number of rotatable bonds is 5. The van der Waals surface area contributed by atoms with E-state index >= 15 is 0 Å². The Kier molecular flexibility index (Phi) is 5.57. The van der Waals surface area contributed by atoms with Gasteiger partial charge >= 0.3 is 6.09 Å². The molecular weight excluding hydrogens is 308 g/mol. The lowest BCUT2D eigenvalue weighted by Crippen LogP contribution is -2.30. The van der Waals surface area contributed by atoms with E-state index in [4.69, 9.17) is 21.2 Å². The van der Waals surface area contributed by atoms with Crippen LogP contribution in [-0.2, 0) is 16.2 Å². The smallest absolute Gasteiger partial charge is 0.438 e. The molecular formula is C15H15ClN2O4. The maximum atomic E-state index is 11.7. The van der Waals surface area contributed by atoms with Gasteiger partial charge in [0.05, 0.1) is 26.1 Å². The van der Waals surface area contributed by atoms with E-state index in [1.807, 2.05) is 12.1 Å². The molecule has 7 heteroatoms. The number of aromatic nitrogens is 1. The molecule has 0 unspecified atom stereocenters. The van der Waals surface area contributed by atoms with Gasteiger partial charge in [-0.3, -0.25) is 4.84 Å². The second-order valence-electron chi connectivity index (χ2n) is 4.18. The number of hydrogen-bond acceptors (Lipinski definition) is 5. The number of anilines is 1. The van der Waals surface area contributed by atoms with Crippen molar-refractivity contribution in [3.63, 3.8) is 0 Å². The molecule has 0 radical (unpaired) electrons. The molecule has 0 aliphatic carbocycles. The lowest BCUT2D eigenvalue weighted by molar-refractivity contribution is 0.115. The summed E-state index contributed by atoms with van der Waals surface area (Å²) in [5, 5.41) is 1.45. The number of para-hydroxylation sites is 1. The third-order valence-corrected chi connectivity index (χ3v) is 3.05. The first-order valence-electron chi connectivity index (χ1n) is 6.40. The Bertz CT molecular complexity index is 634. The van der Waals surface area contributed by atoms with Crippen LogP contribution < -0.4 is 9.80 Å². The normalized spacial score (nSPS) is 10.1. The zero-order valence-electron chi connectivity index (χ0n) is 12.2. The quantitative estimate of drug-likeness (QED) is 0.623. The molecule has 116 valence electrons. The molecule has 1 amide bonds. The van der Waals surface area contributed by atoms with Crippen LogP contribution in [0.15, 0.2) is 42.6 Å². The lowest BCUT2D eigenvalue weighted by Gasteiger charge is -2.21. The minimum Gasteiger partial charge on any atom is -0.487 e. The van der Waals surface area contributed by atoms with Gasteiger partial charge in [-0.05, 0) is 18.2 Å². The molecule has 2 rings (SSSR count). The van der Waals surface area contributed by atoms with Crippen molar-refractivity contribution in [3.05, 3.63) is 53.3 Å². The van der Waals surface area contributed by atoms with Crippen molar-refractivity contribution in [2.24, 2.45) is 0 Å². The Morgan fingerprint density at radius 1 is 1.23 bits per heavy atom. The Balaban J connectivity index is 2.17. The van der Waals surface area contributed by atoms with Gasteiger partial charge in [-0.15, -0.1) is 0 Å². The zero-order valence-corrected chi connectivity index (χ0v) is 12.9. The van der Waals surface area contributed by atoms with E-state index in [9.17, 15) is 4.79 Å². The van der Waals surface area contributed by atoms with Crippen molar-refractivity contribution >= 4 is 23.4 Å². The molecule has 22 heavy (non-hydrogen) atoms. The largest absolute Gasteiger partial charge is 0.487 e. The molecule has 0 spiro atoms. The number of halogens is 1. The fourth-order valence-electron chi connectivity index (χ4n) is 1.79. The molecule has 0 aliphatic rings. The highest BCUT2D eigenvalue weighted by Gasteiger charge is 2.19. The SMILES string of the molecule is COC(=O)N(OC)c1ccccc1COc1ccc(Cl)nc1. The molecule has 0 aliphatic heterocycles. The van der Waals surface area contributed by atoms with Gasteiger partial charge in [0.15, 0.2) is 0 Å². The summed E-state index contributed by atoms with van der Waals surface area (Å²) in [5.41, 5.74) is 1.29. The number of pyridine rings is 1. The standard InChI is InChI=1S/C15H15ClN2O4/c1-20-15(19)18(21-2)13-6-4-3-5-11(13)10-22-12-7-8-14(16)17-9-12/h3-9H,10H2,1-2H3. The highest BCUT2D eigenvalue weighted by Crippen LogP contribution is 2.23. The number of carbonyl (C=O) groups is 1. The number of nitrogens with zero attached hydrogens (tertiary/aromatic N) is 2. The number of carbonyl (C=O) groups excluding carboxylic acids is 1. The number of hydrogen-bond donors (Lipinski definition) is 0. The predicted molar refractivity (Wildman–Crippen MR) is 81.9 cm³/mol. The second-order valence-corrected chi connectivity index (χ2v) is 4.57. The number of amides is 1. The van der Waals surface area contributed by atoms with Crippen LogP contribution in [0, 0.1) is 0 Å². The monoisotopic (exact) mass is 322 g/mol. The van der Waals surface area contributed by atoms with Gasteiger partial charge < -0.3 is 9.47 Å². The lowest BCUT2D eigenvalue weighted by atomic mass is 10.2. The summed E-state index contributed by atoms with van der Waals surface area (Å²) in [6.45, 7) is 0.232. The summed E-state index contributed by atoms with van der Waals surface area (Å²) in [6.07, 6.45) is 0.905. The van der Waals surface area contributed by atoms with Crippen molar-refractivity contribution in [2.45, 2.75) is 6.61 Å². The molecule has 1 aromatic carbocycles. The summed E-state index contributed by atoms with van der Waals surface area (Å²) in [4.78, 5) is 20.7. The molecule has 6 nitrogen and oxygen atoms in total. The van der Waals surface area contributed by atoms with Gasteiger partial charge in [0.25, 0.3) is 0 Å². The van der Waals surface area contributed by atoms with Crippen molar-refractivity contribution in [1.82, 2.24) is 4.98 Å². The van der Waals surface area contributed by atoms with Crippen molar-refractivity contribution in [3.8, 4) is 5.75 Å². The van der Waals surface area contributed by atoms with Crippen LogP contribution in [0.25, 0.3) is 0 Å². The number of ether oxygens (including phenoxy) is 2. The van der Waals surface area contributed by atoms with E-state index in [1.165, 1.54) is 20.4 Å². The Hall–Kier alpha value is -2.31. The summed E-state index contributed by atoms with van der Waals surface area (Å²) in [5.74, 6) is 0.571. The molecule has 0 fully saturated rings. The Morgan fingerprint density at radius 3 is 2.64 bits per heavy atom. The fraction of sp³-hybridized carbons (Fsp3) is 0.200. The van der Waals surface area contributed by atoms with E-state index in [2.05, 4.69) is 9.72 Å². The molecule has 0 atom stereocenters. The average molecular weight is 323 g/mol. The maximum absolute atomic E-state index is 11.7. The summed E-state index contributed by atoms with van der Waals surface area (Å²) >= 11 is 5.72. The Morgan fingerprint density at radius 2 is 2.00 bits per heavy atom. The van der Waals surface area contributed by atoms with Crippen LogP contribution >= 0.6 is 11.6 Å². The predicted octanol–water partition coefficient (Wildman–Crippen LogP) is 3.45. The second kappa shape index (κ2) is 7.63. The van der Waals surface area contributed by atoms with Crippen molar-refractivity contribution < 1.29 is 19.1 Å². The first kappa shape index (κ1) is 16.1. The molecule has 1 heterocycles.